The number of ether oxygens (including phenoxy) is 2. The molecule has 0 aliphatic carbocycles. The molecule has 5 nitrogen and oxygen atoms in total. The van der Waals surface area contributed by atoms with E-state index in [-0.39, 0.29) is 11.9 Å². The van der Waals surface area contributed by atoms with Crippen molar-refractivity contribution in [2.24, 2.45) is 0 Å². The highest BCUT2D eigenvalue weighted by Gasteiger charge is 2.32. The van der Waals surface area contributed by atoms with Gasteiger partial charge in [-0.05, 0) is 49.6 Å². The summed E-state index contributed by atoms with van der Waals surface area (Å²) >= 11 is 0. The van der Waals surface area contributed by atoms with E-state index >= 15 is 0 Å². The molecule has 1 aromatic heterocycles. The molecule has 1 N–H and O–H groups in total. The Morgan fingerprint density at radius 1 is 1.18 bits per heavy atom. The Bertz CT molecular complexity index is 1010. The fourth-order valence-corrected chi connectivity index (χ4v) is 4.30. The summed E-state index contributed by atoms with van der Waals surface area (Å²) in [7, 11) is 3.32. The number of fused-ring (bicyclic) bond motifs is 1. The molecule has 2 heterocycles. The minimum Gasteiger partial charge on any atom is -0.497 e. The number of nitrogens with zero attached hydrogens (tertiary/aromatic N) is 1. The fraction of sp³-hybridized carbons (Fsp3) is 0.348. The van der Waals surface area contributed by atoms with Gasteiger partial charge in [0.15, 0.2) is 0 Å². The summed E-state index contributed by atoms with van der Waals surface area (Å²) in [6.45, 7) is 2.81. The van der Waals surface area contributed by atoms with E-state index in [1.807, 2.05) is 42.2 Å². The van der Waals surface area contributed by atoms with Crippen LogP contribution in [-0.2, 0) is 11.2 Å². The van der Waals surface area contributed by atoms with E-state index < -0.39 is 0 Å². The molecule has 1 aliphatic rings. The van der Waals surface area contributed by atoms with E-state index in [4.69, 9.17) is 9.47 Å². The van der Waals surface area contributed by atoms with Gasteiger partial charge in [-0.2, -0.15) is 0 Å². The van der Waals surface area contributed by atoms with Crippen LogP contribution in [0.1, 0.15) is 35.7 Å². The third-order valence-electron chi connectivity index (χ3n) is 5.72. The summed E-state index contributed by atoms with van der Waals surface area (Å²) < 4.78 is 11.0. The largest absolute Gasteiger partial charge is 0.497 e. The van der Waals surface area contributed by atoms with E-state index in [9.17, 15) is 4.79 Å². The molecular weight excluding hydrogens is 352 g/mol. The first-order valence-electron chi connectivity index (χ1n) is 9.70. The van der Waals surface area contributed by atoms with Gasteiger partial charge in [0, 0.05) is 28.7 Å². The highest BCUT2D eigenvalue weighted by molar-refractivity contribution is 5.90. The van der Waals surface area contributed by atoms with Crippen molar-refractivity contribution in [1.82, 2.24) is 9.88 Å². The number of aromatic amines is 1. The number of carbonyl (C=O) groups is 1. The summed E-state index contributed by atoms with van der Waals surface area (Å²) in [6, 6.07) is 14.0. The lowest BCUT2D eigenvalue weighted by atomic mass is 10.0. The highest BCUT2D eigenvalue weighted by Crippen LogP contribution is 2.39. The molecule has 28 heavy (non-hydrogen) atoms. The van der Waals surface area contributed by atoms with Gasteiger partial charge in [0.05, 0.1) is 26.7 Å². The third kappa shape index (κ3) is 3.21. The van der Waals surface area contributed by atoms with Gasteiger partial charge in [-0.1, -0.05) is 18.2 Å². The van der Waals surface area contributed by atoms with E-state index in [0.717, 1.165) is 58.6 Å². The van der Waals surface area contributed by atoms with E-state index in [1.165, 1.54) is 0 Å². The number of methoxy groups -OCH3 is 2. The summed E-state index contributed by atoms with van der Waals surface area (Å²) in [6.07, 6.45) is 2.32. The fourth-order valence-electron chi connectivity index (χ4n) is 4.30. The van der Waals surface area contributed by atoms with Crippen LogP contribution in [0.15, 0.2) is 42.5 Å². The van der Waals surface area contributed by atoms with Crippen molar-refractivity contribution in [3.8, 4) is 11.5 Å². The van der Waals surface area contributed by atoms with Crippen LogP contribution in [0.4, 0.5) is 0 Å². The molecule has 0 bridgehead atoms. The van der Waals surface area contributed by atoms with Crippen LogP contribution in [0.2, 0.25) is 0 Å². The summed E-state index contributed by atoms with van der Waals surface area (Å²) in [5, 5.41) is 1.13. The maximum Gasteiger partial charge on any atom is 0.227 e. The number of carbonyl (C=O) groups excluding carboxylic acids is 1. The third-order valence-corrected chi connectivity index (χ3v) is 5.72. The second-order valence-corrected chi connectivity index (χ2v) is 7.30. The number of hydrogen-bond acceptors (Lipinski definition) is 3. The van der Waals surface area contributed by atoms with Crippen molar-refractivity contribution >= 4 is 16.8 Å². The predicted molar refractivity (Wildman–Crippen MR) is 110 cm³/mol. The van der Waals surface area contributed by atoms with Gasteiger partial charge in [-0.25, -0.2) is 0 Å². The molecule has 1 unspecified atom stereocenters. The normalized spacial score (nSPS) is 16.5. The lowest BCUT2D eigenvalue weighted by Crippen LogP contribution is -2.32. The SMILES string of the molecule is COc1ccc(OC)c(C2CCCN2C(=O)Cc2c(C)[nH]c3ccccc23)c1. The molecule has 0 spiro atoms. The average molecular weight is 378 g/mol. The molecule has 1 atom stereocenters. The summed E-state index contributed by atoms with van der Waals surface area (Å²) in [4.78, 5) is 18.7. The highest BCUT2D eigenvalue weighted by atomic mass is 16.5. The molecule has 1 amide bonds. The minimum absolute atomic E-state index is 0.0167. The van der Waals surface area contributed by atoms with Crippen molar-refractivity contribution in [2.75, 3.05) is 20.8 Å². The predicted octanol–water partition coefficient (Wildman–Crippen LogP) is 4.40. The summed E-state index contributed by atoms with van der Waals surface area (Å²) in [5.74, 6) is 1.73. The zero-order valence-electron chi connectivity index (χ0n) is 16.6. The second-order valence-electron chi connectivity index (χ2n) is 7.30. The molecule has 0 radical (unpaired) electrons. The molecule has 2 aromatic carbocycles. The van der Waals surface area contributed by atoms with Crippen LogP contribution < -0.4 is 9.47 Å². The molecule has 5 heteroatoms. The lowest BCUT2D eigenvalue weighted by Gasteiger charge is -2.27. The smallest absolute Gasteiger partial charge is 0.227 e. The Balaban J connectivity index is 1.63. The number of nitrogens with one attached hydrogen (secondary N) is 1. The van der Waals surface area contributed by atoms with E-state index in [0.29, 0.717) is 6.42 Å². The number of hydrogen-bond donors (Lipinski definition) is 1. The molecule has 3 aromatic rings. The topological polar surface area (TPSA) is 54.6 Å². The van der Waals surface area contributed by atoms with Gasteiger partial charge in [0.2, 0.25) is 5.91 Å². The van der Waals surface area contributed by atoms with Gasteiger partial charge >= 0.3 is 0 Å². The standard InChI is InChI=1S/C23H26N2O3/c1-15-18(17-7-4-5-8-20(17)24-15)14-23(26)25-12-6-9-21(25)19-13-16(27-2)10-11-22(19)28-3/h4-5,7-8,10-11,13,21,24H,6,9,12,14H2,1-3H3. The molecule has 1 aliphatic heterocycles. The molecule has 1 fully saturated rings. The zero-order valence-corrected chi connectivity index (χ0v) is 16.6. The monoisotopic (exact) mass is 378 g/mol. The Morgan fingerprint density at radius 3 is 2.79 bits per heavy atom. The number of para-hydroxylation sites is 1. The molecule has 0 saturated carbocycles. The van der Waals surface area contributed by atoms with Gasteiger partial charge in [-0.15, -0.1) is 0 Å². The van der Waals surface area contributed by atoms with Crippen molar-refractivity contribution in [3.63, 3.8) is 0 Å². The first-order valence-corrected chi connectivity index (χ1v) is 9.70. The average Bonchev–Trinajstić information content (AvgIpc) is 3.32. The molecule has 146 valence electrons. The first-order chi connectivity index (χ1) is 13.6. The van der Waals surface area contributed by atoms with E-state index in [1.54, 1.807) is 14.2 Å². The van der Waals surface area contributed by atoms with Crippen molar-refractivity contribution in [1.29, 1.82) is 0 Å². The van der Waals surface area contributed by atoms with Crippen molar-refractivity contribution in [3.05, 3.63) is 59.3 Å². The van der Waals surface area contributed by atoms with Crippen LogP contribution in [0.5, 0.6) is 11.5 Å². The van der Waals surface area contributed by atoms with Crippen LogP contribution >= 0.6 is 0 Å². The number of benzene rings is 2. The zero-order chi connectivity index (χ0) is 19.7. The number of likely N-dealkylation sites (tertiary alicyclic amines) is 1. The second kappa shape index (κ2) is 7.58. The number of aryl methyl sites for hydroxylation is 1. The summed E-state index contributed by atoms with van der Waals surface area (Å²) in [5.41, 5.74) is 4.24. The maximum atomic E-state index is 13.3. The Kier molecular flexibility index (Phi) is 4.99. The number of rotatable bonds is 5. The minimum atomic E-state index is 0.0167. The van der Waals surface area contributed by atoms with Crippen molar-refractivity contribution < 1.29 is 14.3 Å². The van der Waals surface area contributed by atoms with Crippen LogP contribution in [0.25, 0.3) is 10.9 Å². The lowest BCUT2D eigenvalue weighted by molar-refractivity contribution is -0.131. The molecular formula is C23H26N2O3. The maximum absolute atomic E-state index is 13.3. The molecule has 4 rings (SSSR count). The van der Waals surface area contributed by atoms with Crippen LogP contribution in [0, 0.1) is 6.92 Å². The Hall–Kier alpha value is -2.95. The Morgan fingerprint density at radius 2 is 2.00 bits per heavy atom. The quantitative estimate of drug-likeness (QED) is 0.716. The number of H-pyrrole nitrogens is 1. The van der Waals surface area contributed by atoms with Gasteiger partial charge in [0.1, 0.15) is 11.5 Å². The van der Waals surface area contributed by atoms with Gasteiger partial charge < -0.3 is 19.4 Å². The van der Waals surface area contributed by atoms with Gasteiger partial charge in [0.25, 0.3) is 0 Å². The van der Waals surface area contributed by atoms with Crippen molar-refractivity contribution in [2.45, 2.75) is 32.2 Å². The van der Waals surface area contributed by atoms with Gasteiger partial charge in [-0.3, -0.25) is 4.79 Å². The van der Waals surface area contributed by atoms with Crippen LogP contribution in [-0.4, -0.2) is 36.6 Å². The van der Waals surface area contributed by atoms with Crippen LogP contribution in [0.3, 0.4) is 0 Å². The molecule has 1 saturated heterocycles. The van der Waals surface area contributed by atoms with E-state index in [2.05, 4.69) is 17.1 Å². The first kappa shape index (κ1) is 18.4. The Labute approximate surface area is 165 Å². The number of amides is 1. The number of aromatic nitrogens is 1.